The number of rotatable bonds is 5. The van der Waals surface area contributed by atoms with Gasteiger partial charge < -0.3 is 18.9 Å². The number of hydrogen-bond acceptors (Lipinski definition) is 6. The third kappa shape index (κ3) is 4.12. The molecule has 6 atom stereocenters. The number of ether oxygens (including phenoxy) is 4. The Morgan fingerprint density at radius 3 is 2.23 bits per heavy atom. The Morgan fingerprint density at radius 1 is 0.857 bits per heavy atom. The molecule has 0 aliphatic carbocycles. The van der Waals surface area contributed by atoms with Crippen LogP contribution in [0.2, 0.25) is 0 Å². The fourth-order valence-electron chi connectivity index (χ4n) is 5.03. The summed E-state index contributed by atoms with van der Waals surface area (Å²) in [5, 5.41) is 0. The molecule has 3 heterocycles. The van der Waals surface area contributed by atoms with Crippen LogP contribution in [0.5, 0.6) is 0 Å². The van der Waals surface area contributed by atoms with Crippen LogP contribution in [0, 0.1) is 0 Å². The zero-order valence-corrected chi connectivity index (χ0v) is 18.9. The summed E-state index contributed by atoms with van der Waals surface area (Å²) in [4.78, 5) is 28.0. The van der Waals surface area contributed by atoms with Gasteiger partial charge in [0.2, 0.25) is 5.91 Å². The second-order valence-corrected chi connectivity index (χ2v) is 8.95. The molecule has 0 aromatic heterocycles. The summed E-state index contributed by atoms with van der Waals surface area (Å²) >= 11 is 0. The van der Waals surface area contributed by atoms with Gasteiger partial charge in [0.25, 0.3) is 0 Å². The number of amides is 2. The molecule has 3 aromatic rings. The smallest absolute Gasteiger partial charge is 0.419 e. The van der Waals surface area contributed by atoms with Crippen LogP contribution < -0.4 is 0 Å². The van der Waals surface area contributed by atoms with Crippen LogP contribution in [0.15, 0.2) is 91.0 Å². The van der Waals surface area contributed by atoms with Crippen molar-refractivity contribution in [2.75, 3.05) is 6.61 Å². The van der Waals surface area contributed by atoms with Gasteiger partial charge in [-0.25, -0.2) is 9.69 Å². The van der Waals surface area contributed by atoms with Gasteiger partial charge in [0, 0.05) is 5.56 Å². The average Bonchev–Trinajstić information content (AvgIpc) is 3.42. The van der Waals surface area contributed by atoms with E-state index in [9.17, 15) is 9.59 Å². The minimum absolute atomic E-state index is 0.281. The molecule has 3 aromatic carbocycles. The largest absolute Gasteiger partial charge is 0.438 e. The van der Waals surface area contributed by atoms with Crippen LogP contribution in [-0.4, -0.2) is 48.0 Å². The second kappa shape index (κ2) is 9.26. The molecule has 0 bridgehead atoms. The predicted octanol–water partition coefficient (Wildman–Crippen LogP) is 4.20. The monoisotopic (exact) mass is 471 g/mol. The van der Waals surface area contributed by atoms with Crippen molar-refractivity contribution in [3.05, 3.63) is 108 Å². The van der Waals surface area contributed by atoms with Crippen molar-refractivity contribution in [3.63, 3.8) is 0 Å². The van der Waals surface area contributed by atoms with Gasteiger partial charge in [0.05, 0.1) is 12.5 Å². The number of carbonyl (C=O) groups is 2. The fourth-order valence-corrected chi connectivity index (χ4v) is 5.03. The second-order valence-electron chi connectivity index (χ2n) is 8.95. The summed E-state index contributed by atoms with van der Waals surface area (Å²) in [7, 11) is 0. The minimum atomic E-state index is -0.856. The Kier molecular flexibility index (Phi) is 5.82. The highest BCUT2D eigenvalue weighted by Gasteiger charge is 2.60. The Labute approximate surface area is 203 Å². The highest BCUT2D eigenvalue weighted by atomic mass is 16.7. The van der Waals surface area contributed by atoms with Crippen molar-refractivity contribution in [1.29, 1.82) is 0 Å². The molecule has 7 nitrogen and oxygen atoms in total. The molecule has 2 amide bonds. The molecule has 0 radical (unpaired) electrons. The van der Waals surface area contributed by atoms with Crippen molar-refractivity contribution in [1.82, 2.24) is 4.90 Å². The van der Waals surface area contributed by atoms with Gasteiger partial charge in [-0.3, -0.25) is 4.79 Å². The summed E-state index contributed by atoms with van der Waals surface area (Å²) in [6, 6.07) is 28.8. The average molecular weight is 472 g/mol. The lowest BCUT2D eigenvalue weighted by Crippen LogP contribution is -2.44. The lowest BCUT2D eigenvalue weighted by molar-refractivity contribution is -0.254. The number of fused-ring (bicyclic) bond motifs is 3. The number of imide groups is 1. The zero-order valence-electron chi connectivity index (χ0n) is 18.9. The number of hydrogen-bond donors (Lipinski definition) is 0. The molecule has 3 aliphatic rings. The van der Waals surface area contributed by atoms with Gasteiger partial charge in [-0.2, -0.15) is 0 Å². The quantitative estimate of drug-likeness (QED) is 0.555. The van der Waals surface area contributed by atoms with Crippen LogP contribution >= 0.6 is 0 Å². The normalized spacial score (nSPS) is 28.2. The van der Waals surface area contributed by atoms with Crippen molar-refractivity contribution >= 4 is 12.0 Å². The van der Waals surface area contributed by atoms with Crippen molar-refractivity contribution in [2.24, 2.45) is 0 Å². The Balaban J connectivity index is 1.25. The highest BCUT2D eigenvalue weighted by Crippen LogP contribution is 2.41. The molecule has 6 rings (SSSR count). The molecular weight excluding hydrogens is 446 g/mol. The topological polar surface area (TPSA) is 74.3 Å². The van der Waals surface area contributed by atoms with E-state index in [4.69, 9.17) is 18.9 Å². The number of nitrogens with zero attached hydrogens (tertiary/aromatic N) is 1. The van der Waals surface area contributed by atoms with E-state index in [0.717, 1.165) is 21.6 Å². The summed E-state index contributed by atoms with van der Waals surface area (Å²) in [5.74, 6) is -0.915. The van der Waals surface area contributed by atoms with Crippen LogP contribution in [0.4, 0.5) is 4.79 Å². The first-order valence-electron chi connectivity index (χ1n) is 11.8. The molecule has 0 N–H and O–H groups in total. The van der Waals surface area contributed by atoms with Crippen LogP contribution in [-0.2, 0) is 30.2 Å². The van der Waals surface area contributed by atoms with E-state index in [-0.39, 0.29) is 12.5 Å². The first-order chi connectivity index (χ1) is 17.2. The van der Waals surface area contributed by atoms with E-state index < -0.39 is 42.8 Å². The van der Waals surface area contributed by atoms with Gasteiger partial charge in [0.15, 0.2) is 18.6 Å². The molecule has 178 valence electrons. The number of carbonyl (C=O) groups excluding carboxylic acids is 2. The van der Waals surface area contributed by atoms with E-state index in [2.05, 4.69) is 0 Å². The van der Waals surface area contributed by atoms with Gasteiger partial charge in [-0.1, -0.05) is 91.0 Å². The van der Waals surface area contributed by atoms with E-state index in [0.29, 0.717) is 6.42 Å². The molecule has 0 saturated carbocycles. The van der Waals surface area contributed by atoms with Crippen LogP contribution in [0.25, 0.3) is 0 Å². The Bertz CT molecular complexity index is 1190. The zero-order chi connectivity index (χ0) is 23.8. The maximum absolute atomic E-state index is 13.9. The minimum Gasteiger partial charge on any atom is -0.438 e. The summed E-state index contributed by atoms with van der Waals surface area (Å²) in [5.41, 5.74) is 2.71. The predicted molar refractivity (Wildman–Crippen MR) is 125 cm³/mol. The van der Waals surface area contributed by atoms with Crippen LogP contribution in [0.3, 0.4) is 0 Å². The van der Waals surface area contributed by atoms with Gasteiger partial charge in [-0.05, 0) is 17.5 Å². The van der Waals surface area contributed by atoms with Crippen molar-refractivity contribution in [3.8, 4) is 0 Å². The summed E-state index contributed by atoms with van der Waals surface area (Å²) < 4.78 is 23.8. The maximum atomic E-state index is 13.9. The maximum Gasteiger partial charge on any atom is 0.419 e. The Hall–Kier alpha value is -3.52. The third-order valence-corrected chi connectivity index (χ3v) is 6.76. The first kappa shape index (κ1) is 22.0. The highest BCUT2D eigenvalue weighted by molar-refractivity contribution is 5.97. The molecule has 3 fully saturated rings. The van der Waals surface area contributed by atoms with Crippen LogP contribution in [0.1, 0.15) is 28.9 Å². The summed E-state index contributed by atoms with van der Waals surface area (Å²) in [6.45, 7) is 0.281. The summed E-state index contributed by atoms with van der Waals surface area (Å²) in [6.07, 6.45) is -3.36. The van der Waals surface area contributed by atoms with E-state index in [1.54, 1.807) is 0 Å². The third-order valence-electron chi connectivity index (χ3n) is 6.76. The van der Waals surface area contributed by atoms with Crippen molar-refractivity contribution in [2.45, 2.75) is 43.2 Å². The SMILES string of the molecule is O=C1O[C@@H]2[C@H]3O[C@@H](c4ccccc4)OC[C@H]3O[C@@H]2N1C(=O)[C@H](Cc1ccccc1)c1ccccc1. The van der Waals surface area contributed by atoms with E-state index in [1.165, 1.54) is 0 Å². The molecule has 0 spiro atoms. The fraction of sp³-hybridized carbons (Fsp3) is 0.286. The lowest BCUT2D eigenvalue weighted by Gasteiger charge is -2.33. The van der Waals surface area contributed by atoms with Gasteiger partial charge in [-0.15, -0.1) is 0 Å². The number of benzene rings is 3. The van der Waals surface area contributed by atoms with E-state index in [1.807, 2.05) is 91.0 Å². The first-order valence-corrected chi connectivity index (χ1v) is 11.8. The molecule has 0 unspecified atom stereocenters. The Morgan fingerprint density at radius 2 is 1.51 bits per heavy atom. The molecule has 3 aliphatic heterocycles. The van der Waals surface area contributed by atoms with Gasteiger partial charge in [0.1, 0.15) is 12.2 Å². The molecule has 3 saturated heterocycles. The standard InChI is InChI=1S/C28H25NO6/c30-25(21(19-12-6-2-7-13-19)16-18-10-4-1-5-11-18)29-26-24(35-28(29)31)23-22(33-26)17-32-27(34-23)20-14-8-3-9-15-20/h1-15,21-24,26-27H,16-17H2/t21-,22-,23+,24-,26+,27+/m1/s1. The molecule has 35 heavy (non-hydrogen) atoms. The van der Waals surface area contributed by atoms with Gasteiger partial charge >= 0.3 is 6.09 Å². The lowest BCUT2D eigenvalue weighted by atomic mass is 9.90. The molecular formula is C28H25NO6. The van der Waals surface area contributed by atoms with E-state index >= 15 is 0 Å². The van der Waals surface area contributed by atoms with Crippen molar-refractivity contribution < 1.29 is 28.5 Å². The molecule has 7 heteroatoms.